The maximum Gasteiger partial charge on any atom is 0.343 e. The Balaban J connectivity index is 1.51. The number of esters is 2. The van der Waals surface area contributed by atoms with Crippen molar-refractivity contribution in [2.45, 2.75) is 0 Å². The third-order valence-electron chi connectivity index (χ3n) is 4.78. The minimum Gasteiger partial charge on any atom is -0.493 e. The molecule has 0 unspecified atom stereocenters. The molecule has 4 aromatic rings. The highest BCUT2D eigenvalue weighted by molar-refractivity contribution is 5.94. The molecule has 156 valence electrons. The van der Waals surface area contributed by atoms with E-state index in [4.69, 9.17) is 19.5 Å². The Labute approximate surface area is 184 Å². The van der Waals surface area contributed by atoms with Crippen LogP contribution in [-0.2, 0) is 0 Å². The van der Waals surface area contributed by atoms with E-state index in [1.54, 1.807) is 12.1 Å². The molecule has 32 heavy (non-hydrogen) atoms. The molecule has 0 aliphatic heterocycles. The second kappa shape index (κ2) is 9.02. The Morgan fingerprint density at radius 3 is 2.12 bits per heavy atom. The summed E-state index contributed by atoms with van der Waals surface area (Å²) in [6.07, 6.45) is 0. The van der Waals surface area contributed by atoms with E-state index in [9.17, 15) is 9.59 Å². The number of fused-ring (bicyclic) bond motifs is 1. The first-order chi connectivity index (χ1) is 15.6. The lowest BCUT2D eigenvalue weighted by Crippen LogP contribution is -2.11. The number of carbonyl (C=O) groups excluding carboxylic acids is 2. The Morgan fingerprint density at radius 1 is 0.719 bits per heavy atom. The smallest absolute Gasteiger partial charge is 0.343 e. The third-order valence-corrected chi connectivity index (χ3v) is 4.78. The van der Waals surface area contributed by atoms with Crippen LogP contribution in [0.3, 0.4) is 0 Å². The fourth-order valence-electron chi connectivity index (χ4n) is 3.12. The number of hydrogen-bond acceptors (Lipinski definition) is 6. The van der Waals surface area contributed by atoms with Gasteiger partial charge in [0.15, 0.2) is 11.5 Å². The van der Waals surface area contributed by atoms with Crippen molar-refractivity contribution >= 4 is 22.7 Å². The molecule has 0 amide bonds. The van der Waals surface area contributed by atoms with Crippen LogP contribution in [0.4, 0.5) is 0 Å². The van der Waals surface area contributed by atoms with Crippen LogP contribution in [0.2, 0.25) is 0 Å². The summed E-state index contributed by atoms with van der Waals surface area (Å²) < 4.78 is 16.2. The summed E-state index contributed by atoms with van der Waals surface area (Å²) in [5, 5.41) is 10.9. The summed E-state index contributed by atoms with van der Waals surface area (Å²) in [4.78, 5) is 25.0. The predicted octanol–water partition coefficient (Wildman–Crippen LogP) is 5.16. The van der Waals surface area contributed by atoms with Crippen LogP contribution in [0.5, 0.6) is 17.2 Å². The van der Waals surface area contributed by atoms with Crippen LogP contribution in [0, 0.1) is 11.3 Å². The molecule has 0 aromatic heterocycles. The second-order valence-electron chi connectivity index (χ2n) is 6.84. The molecule has 0 aliphatic carbocycles. The molecule has 0 bridgehead atoms. The van der Waals surface area contributed by atoms with Crippen molar-refractivity contribution in [3.05, 3.63) is 102 Å². The van der Waals surface area contributed by atoms with Crippen molar-refractivity contribution in [2.75, 3.05) is 7.11 Å². The summed E-state index contributed by atoms with van der Waals surface area (Å²) in [7, 11) is 1.41. The molecule has 0 radical (unpaired) electrons. The molecule has 6 heteroatoms. The minimum atomic E-state index is -0.612. The van der Waals surface area contributed by atoms with Gasteiger partial charge in [-0.25, -0.2) is 9.59 Å². The van der Waals surface area contributed by atoms with E-state index in [1.807, 2.05) is 36.4 Å². The van der Waals surface area contributed by atoms with Crippen LogP contribution < -0.4 is 14.2 Å². The number of nitriles is 1. The minimum absolute atomic E-state index is 0.157. The molecule has 0 spiro atoms. The number of hydrogen-bond donors (Lipinski definition) is 0. The van der Waals surface area contributed by atoms with Gasteiger partial charge in [0.05, 0.1) is 29.9 Å². The monoisotopic (exact) mass is 423 g/mol. The average Bonchev–Trinajstić information content (AvgIpc) is 2.84. The first-order valence-corrected chi connectivity index (χ1v) is 9.69. The highest BCUT2D eigenvalue weighted by atomic mass is 16.6. The molecule has 0 saturated heterocycles. The lowest BCUT2D eigenvalue weighted by atomic mass is 10.1. The van der Waals surface area contributed by atoms with E-state index >= 15 is 0 Å². The van der Waals surface area contributed by atoms with Crippen LogP contribution >= 0.6 is 0 Å². The molecule has 0 fully saturated rings. The highest BCUT2D eigenvalue weighted by Gasteiger charge is 2.16. The van der Waals surface area contributed by atoms with Gasteiger partial charge in [-0.1, -0.05) is 30.3 Å². The molecule has 0 atom stereocenters. The normalized spacial score (nSPS) is 10.2. The van der Waals surface area contributed by atoms with Gasteiger partial charge < -0.3 is 14.2 Å². The molecule has 0 saturated carbocycles. The van der Waals surface area contributed by atoms with Gasteiger partial charge in [0.2, 0.25) is 0 Å². The first kappa shape index (κ1) is 20.6. The van der Waals surface area contributed by atoms with E-state index in [0.717, 1.165) is 10.8 Å². The largest absolute Gasteiger partial charge is 0.493 e. The Bertz CT molecular complexity index is 1350. The fraction of sp³-hybridized carbons (Fsp3) is 0.0385. The zero-order chi connectivity index (χ0) is 22.5. The van der Waals surface area contributed by atoms with E-state index in [2.05, 4.69) is 0 Å². The quantitative estimate of drug-likeness (QED) is 0.326. The van der Waals surface area contributed by atoms with E-state index in [0.29, 0.717) is 11.3 Å². The van der Waals surface area contributed by atoms with E-state index in [-0.39, 0.29) is 22.6 Å². The van der Waals surface area contributed by atoms with Gasteiger partial charge >= 0.3 is 11.9 Å². The van der Waals surface area contributed by atoms with Crippen LogP contribution in [-0.4, -0.2) is 19.0 Å². The third kappa shape index (κ3) is 4.42. The number of rotatable bonds is 5. The molecule has 6 nitrogen and oxygen atoms in total. The van der Waals surface area contributed by atoms with Crippen LogP contribution in [0.15, 0.2) is 84.9 Å². The zero-order valence-electron chi connectivity index (χ0n) is 17.1. The van der Waals surface area contributed by atoms with Crippen molar-refractivity contribution in [2.24, 2.45) is 0 Å². The number of nitrogens with zero attached hydrogens (tertiary/aromatic N) is 1. The van der Waals surface area contributed by atoms with E-state index in [1.165, 1.54) is 49.6 Å². The summed E-state index contributed by atoms with van der Waals surface area (Å²) in [6, 6.07) is 25.6. The number of carbonyl (C=O) groups is 2. The van der Waals surface area contributed by atoms with Crippen molar-refractivity contribution < 1.29 is 23.8 Å². The molecular formula is C26H17NO5. The lowest BCUT2D eigenvalue weighted by Gasteiger charge is -2.11. The number of benzene rings is 4. The maximum atomic E-state index is 12.6. The van der Waals surface area contributed by atoms with Crippen molar-refractivity contribution in [1.29, 1.82) is 5.26 Å². The predicted molar refractivity (Wildman–Crippen MR) is 118 cm³/mol. The van der Waals surface area contributed by atoms with E-state index < -0.39 is 11.9 Å². The molecule has 0 heterocycles. The topological polar surface area (TPSA) is 85.6 Å². The van der Waals surface area contributed by atoms with Crippen LogP contribution in [0.1, 0.15) is 26.3 Å². The summed E-state index contributed by atoms with van der Waals surface area (Å²) in [5.41, 5.74) is 0.965. The van der Waals surface area contributed by atoms with Crippen molar-refractivity contribution in [1.82, 2.24) is 0 Å². The number of ether oxygens (including phenoxy) is 3. The number of methoxy groups -OCH3 is 1. The van der Waals surface area contributed by atoms with Gasteiger partial charge in [0.1, 0.15) is 5.75 Å². The average molecular weight is 423 g/mol. The van der Waals surface area contributed by atoms with Gasteiger partial charge in [-0.15, -0.1) is 0 Å². The van der Waals surface area contributed by atoms with Crippen molar-refractivity contribution in [3.8, 4) is 23.3 Å². The molecule has 4 aromatic carbocycles. The lowest BCUT2D eigenvalue weighted by molar-refractivity contribution is 0.0728. The Morgan fingerprint density at radius 2 is 1.41 bits per heavy atom. The van der Waals surface area contributed by atoms with Gasteiger partial charge in [0.25, 0.3) is 0 Å². The van der Waals surface area contributed by atoms with Crippen LogP contribution in [0.25, 0.3) is 10.8 Å². The second-order valence-corrected chi connectivity index (χ2v) is 6.84. The Hall–Kier alpha value is -4.63. The summed E-state index contributed by atoms with van der Waals surface area (Å²) in [5.74, 6) is -0.393. The zero-order valence-corrected chi connectivity index (χ0v) is 17.1. The van der Waals surface area contributed by atoms with Gasteiger partial charge in [0, 0.05) is 0 Å². The van der Waals surface area contributed by atoms with Gasteiger partial charge in [-0.2, -0.15) is 5.26 Å². The van der Waals surface area contributed by atoms with Gasteiger partial charge in [-0.3, -0.25) is 0 Å². The van der Waals surface area contributed by atoms with Gasteiger partial charge in [-0.05, 0) is 65.4 Å². The summed E-state index contributed by atoms with van der Waals surface area (Å²) in [6.45, 7) is 0. The molecule has 0 N–H and O–H groups in total. The standard InChI is InChI=1S/C26H17NO5/c1-30-24-15-21(26(29)31-22-12-10-18-4-2-3-5-20(18)14-22)11-13-23(24)32-25(28)19-8-6-17(16-27)7-9-19/h2-15H,1H3. The highest BCUT2D eigenvalue weighted by Crippen LogP contribution is 2.30. The maximum absolute atomic E-state index is 12.6. The molecule has 0 aliphatic rings. The molecular weight excluding hydrogens is 406 g/mol. The van der Waals surface area contributed by atoms with Crippen molar-refractivity contribution in [3.63, 3.8) is 0 Å². The first-order valence-electron chi connectivity index (χ1n) is 9.69. The SMILES string of the molecule is COc1cc(C(=O)Oc2ccc3ccccc3c2)ccc1OC(=O)c1ccc(C#N)cc1. The summed E-state index contributed by atoms with van der Waals surface area (Å²) >= 11 is 0. The molecule has 4 rings (SSSR count). The Kier molecular flexibility index (Phi) is 5.82. The fourth-order valence-corrected chi connectivity index (χ4v) is 3.12.